The van der Waals surface area contributed by atoms with Crippen LogP contribution in [0.1, 0.15) is 29.2 Å². The van der Waals surface area contributed by atoms with E-state index in [1.165, 1.54) is 38.4 Å². The smallest absolute Gasteiger partial charge is 0.416 e. The molecule has 0 aliphatic rings. The number of allylic oxidation sites excluding steroid dienone is 1. The van der Waals surface area contributed by atoms with Crippen molar-refractivity contribution in [3.8, 4) is 5.75 Å². The van der Waals surface area contributed by atoms with Crippen molar-refractivity contribution in [1.29, 1.82) is 0 Å². The van der Waals surface area contributed by atoms with Gasteiger partial charge in [0.25, 0.3) is 5.91 Å². The Bertz CT molecular complexity index is 1320. The van der Waals surface area contributed by atoms with E-state index in [4.69, 9.17) is 4.74 Å². The van der Waals surface area contributed by atoms with Gasteiger partial charge in [-0.25, -0.2) is 8.78 Å². The molecular weight excluding hydrogens is 503 g/mol. The predicted molar refractivity (Wildman–Crippen MR) is 136 cm³/mol. The van der Waals surface area contributed by atoms with E-state index in [0.717, 1.165) is 28.7 Å². The number of hydrogen-bond donors (Lipinski definition) is 1. The van der Waals surface area contributed by atoms with Crippen LogP contribution in [-0.4, -0.2) is 24.5 Å². The van der Waals surface area contributed by atoms with Gasteiger partial charge in [0, 0.05) is 29.9 Å². The minimum Gasteiger partial charge on any atom is -0.494 e. The fraction of sp³-hybridized carbons (Fsp3) is 0.207. The SMILES string of the molecule is C=CN/C(C)=C(\C(=O)N(CCc1ccccc1)Cc1c(F)cccc1C(F)(F)F)c1cccc(OC)c1F. The molecule has 0 atom stereocenters. The summed E-state index contributed by atoms with van der Waals surface area (Å²) in [5, 5.41) is 2.76. The summed E-state index contributed by atoms with van der Waals surface area (Å²) in [6, 6.07) is 15.8. The second kappa shape index (κ2) is 12.4. The van der Waals surface area contributed by atoms with Gasteiger partial charge in [0.2, 0.25) is 0 Å². The van der Waals surface area contributed by atoms with E-state index in [-0.39, 0.29) is 35.5 Å². The van der Waals surface area contributed by atoms with Gasteiger partial charge in [0.1, 0.15) is 5.82 Å². The van der Waals surface area contributed by atoms with E-state index in [0.29, 0.717) is 0 Å². The van der Waals surface area contributed by atoms with E-state index in [1.54, 1.807) is 30.3 Å². The molecule has 200 valence electrons. The maximum absolute atomic E-state index is 15.3. The van der Waals surface area contributed by atoms with Crippen LogP contribution in [0, 0.1) is 11.6 Å². The summed E-state index contributed by atoms with van der Waals surface area (Å²) in [5.41, 5.74) is -1.13. The van der Waals surface area contributed by atoms with Crippen LogP contribution in [-0.2, 0) is 23.9 Å². The molecule has 0 heterocycles. The number of alkyl halides is 3. The lowest BCUT2D eigenvalue weighted by atomic mass is 9.99. The Balaban J connectivity index is 2.14. The van der Waals surface area contributed by atoms with E-state index < -0.39 is 41.4 Å². The third-order valence-corrected chi connectivity index (χ3v) is 5.93. The van der Waals surface area contributed by atoms with Crippen LogP contribution in [0.15, 0.2) is 85.2 Å². The largest absolute Gasteiger partial charge is 0.494 e. The van der Waals surface area contributed by atoms with Gasteiger partial charge in [-0.1, -0.05) is 55.1 Å². The van der Waals surface area contributed by atoms with E-state index in [1.807, 2.05) is 0 Å². The molecule has 0 radical (unpaired) electrons. The number of methoxy groups -OCH3 is 1. The zero-order valence-electron chi connectivity index (χ0n) is 20.9. The summed E-state index contributed by atoms with van der Waals surface area (Å²) in [6.07, 6.45) is -3.29. The summed E-state index contributed by atoms with van der Waals surface area (Å²) in [5.74, 6) is -2.84. The molecule has 3 rings (SSSR count). The molecular formula is C29H27F5N2O2. The summed E-state index contributed by atoms with van der Waals surface area (Å²) in [7, 11) is 1.27. The molecule has 1 N–H and O–H groups in total. The summed E-state index contributed by atoms with van der Waals surface area (Å²) in [6.45, 7) is 4.32. The first-order valence-corrected chi connectivity index (χ1v) is 11.7. The molecule has 0 bridgehead atoms. The van der Waals surface area contributed by atoms with Crippen LogP contribution >= 0.6 is 0 Å². The molecule has 0 aliphatic heterocycles. The number of ether oxygens (including phenoxy) is 1. The van der Waals surface area contributed by atoms with Gasteiger partial charge in [0.15, 0.2) is 11.6 Å². The number of nitrogens with one attached hydrogen (secondary N) is 1. The number of amides is 1. The first kappa shape index (κ1) is 28.4. The molecule has 0 aliphatic carbocycles. The quantitative estimate of drug-likeness (QED) is 0.234. The van der Waals surface area contributed by atoms with Crippen LogP contribution in [0.25, 0.3) is 5.57 Å². The summed E-state index contributed by atoms with van der Waals surface area (Å²) >= 11 is 0. The lowest BCUT2D eigenvalue weighted by molar-refractivity contribution is -0.139. The monoisotopic (exact) mass is 530 g/mol. The lowest BCUT2D eigenvalue weighted by Gasteiger charge is -2.27. The predicted octanol–water partition coefficient (Wildman–Crippen LogP) is 6.73. The topological polar surface area (TPSA) is 41.6 Å². The van der Waals surface area contributed by atoms with Crippen LogP contribution in [0.3, 0.4) is 0 Å². The molecule has 0 unspecified atom stereocenters. The highest BCUT2D eigenvalue weighted by Crippen LogP contribution is 2.35. The average Bonchev–Trinajstić information content (AvgIpc) is 2.88. The zero-order chi connectivity index (χ0) is 27.9. The third kappa shape index (κ3) is 6.59. The van der Waals surface area contributed by atoms with Gasteiger partial charge in [-0.15, -0.1) is 0 Å². The molecule has 0 saturated heterocycles. The second-order valence-electron chi connectivity index (χ2n) is 8.40. The maximum atomic E-state index is 15.3. The van der Waals surface area contributed by atoms with Crippen molar-refractivity contribution in [2.45, 2.75) is 26.1 Å². The van der Waals surface area contributed by atoms with Gasteiger partial charge in [-0.05, 0) is 43.3 Å². The Morgan fingerprint density at radius 1 is 1.03 bits per heavy atom. The second-order valence-corrected chi connectivity index (χ2v) is 8.40. The van der Waals surface area contributed by atoms with Crippen molar-refractivity contribution in [1.82, 2.24) is 10.2 Å². The lowest BCUT2D eigenvalue weighted by Crippen LogP contribution is -2.35. The van der Waals surface area contributed by atoms with Crippen molar-refractivity contribution >= 4 is 11.5 Å². The number of rotatable bonds is 10. The highest BCUT2D eigenvalue weighted by atomic mass is 19.4. The molecule has 4 nitrogen and oxygen atoms in total. The molecule has 0 spiro atoms. The summed E-state index contributed by atoms with van der Waals surface area (Å²) in [4.78, 5) is 15.1. The number of nitrogens with zero attached hydrogens (tertiary/aromatic N) is 1. The molecule has 9 heteroatoms. The number of halogens is 5. The molecule has 0 aromatic heterocycles. The fourth-order valence-corrected chi connectivity index (χ4v) is 4.06. The van der Waals surface area contributed by atoms with Gasteiger partial charge in [-0.2, -0.15) is 13.2 Å². The Labute approximate surface area is 218 Å². The Morgan fingerprint density at radius 3 is 2.34 bits per heavy atom. The minimum absolute atomic E-state index is 0.0645. The zero-order valence-corrected chi connectivity index (χ0v) is 20.9. The molecule has 3 aromatic carbocycles. The molecule has 1 amide bonds. The fourth-order valence-electron chi connectivity index (χ4n) is 4.06. The highest BCUT2D eigenvalue weighted by Gasteiger charge is 2.36. The van der Waals surface area contributed by atoms with Crippen molar-refractivity contribution < 1.29 is 31.5 Å². The van der Waals surface area contributed by atoms with Gasteiger partial charge >= 0.3 is 6.18 Å². The average molecular weight is 531 g/mol. The maximum Gasteiger partial charge on any atom is 0.416 e. The molecule has 0 saturated carbocycles. The van der Waals surface area contributed by atoms with E-state index >= 15 is 4.39 Å². The van der Waals surface area contributed by atoms with Crippen LogP contribution in [0.5, 0.6) is 5.75 Å². The van der Waals surface area contributed by atoms with E-state index in [9.17, 15) is 22.4 Å². The first-order chi connectivity index (χ1) is 18.1. The summed E-state index contributed by atoms with van der Waals surface area (Å²) < 4.78 is 76.4. The van der Waals surface area contributed by atoms with Crippen LogP contribution in [0.2, 0.25) is 0 Å². The van der Waals surface area contributed by atoms with Crippen LogP contribution in [0.4, 0.5) is 22.0 Å². The molecule has 0 fully saturated rings. The first-order valence-electron chi connectivity index (χ1n) is 11.7. The number of carbonyl (C=O) groups is 1. The Hall–Kier alpha value is -4.14. The normalized spacial score (nSPS) is 12.0. The van der Waals surface area contributed by atoms with Gasteiger partial charge in [-0.3, -0.25) is 4.79 Å². The van der Waals surface area contributed by atoms with Crippen molar-refractivity contribution in [2.24, 2.45) is 0 Å². The highest BCUT2D eigenvalue weighted by molar-refractivity contribution is 6.20. The standard InChI is InChI=1S/C29H27F5N2O2/c1-4-35-19(2)26(21-12-8-15-25(38-3)27(21)31)28(37)36(17-16-20-10-6-5-7-11-20)18-22-23(29(32,33)34)13-9-14-24(22)30/h4-15,35H,1,16-18H2,2-3H3/b26-19-. The minimum atomic E-state index is -4.84. The van der Waals surface area contributed by atoms with Crippen molar-refractivity contribution in [2.75, 3.05) is 13.7 Å². The van der Waals surface area contributed by atoms with Crippen molar-refractivity contribution in [3.63, 3.8) is 0 Å². The van der Waals surface area contributed by atoms with Crippen molar-refractivity contribution in [3.05, 3.63) is 119 Å². The van der Waals surface area contributed by atoms with Crippen LogP contribution < -0.4 is 10.1 Å². The third-order valence-electron chi connectivity index (χ3n) is 5.93. The molecule has 38 heavy (non-hydrogen) atoms. The number of benzene rings is 3. The molecule has 3 aromatic rings. The van der Waals surface area contributed by atoms with Gasteiger partial charge in [0.05, 0.1) is 18.2 Å². The number of carbonyl (C=O) groups excluding carboxylic acids is 1. The Morgan fingerprint density at radius 2 is 1.71 bits per heavy atom. The Kier molecular flexibility index (Phi) is 9.28. The number of hydrogen-bond acceptors (Lipinski definition) is 3. The van der Waals surface area contributed by atoms with E-state index in [2.05, 4.69) is 11.9 Å². The van der Waals surface area contributed by atoms with Gasteiger partial charge < -0.3 is 15.0 Å².